The molecule has 0 aliphatic carbocycles. The predicted octanol–water partition coefficient (Wildman–Crippen LogP) is 1.70. The molecule has 74 valence electrons. The monoisotopic (exact) mass is 193 g/mol. The Bertz CT molecular complexity index is 374. The Kier molecular flexibility index (Phi) is 2.26. The summed E-state index contributed by atoms with van der Waals surface area (Å²) in [6, 6.07) is 3.79. The van der Waals surface area contributed by atoms with Gasteiger partial charge < -0.3 is 14.3 Å². The number of rotatable bonds is 2. The molecule has 0 N–H and O–H groups in total. The van der Waals surface area contributed by atoms with Crippen molar-refractivity contribution in [3.8, 4) is 11.5 Å². The molecule has 0 radical (unpaired) electrons. The maximum atomic E-state index is 5.33. The van der Waals surface area contributed by atoms with Gasteiger partial charge in [0.1, 0.15) is 7.11 Å². The van der Waals surface area contributed by atoms with Crippen LogP contribution < -0.4 is 9.47 Å². The van der Waals surface area contributed by atoms with Gasteiger partial charge in [0.2, 0.25) is 6.79 Å². The lowest BCUT2D eigenvalue weighted by molar-refractivity contribution is 0.173. The molecule has 0 fully saturated rings. The maximum absolute atomic E-state index is 5.33. The summed E-state index contributed by atoms with van der Waals surface area (Å²) in [5, 5.41) is 3.71. The van der Waals surface area contributed by atoms with E-state index in [0.29, 0.717) is 6.79 Å². The minimum atomic E-state index is 0.293. The third-order valence-corrected chi connectivity index (χ3v) is 2.13. The van der Waals surface area contributed by atoms with Gasteiger partial charge in [0.05, 0.1) is 6.21 Å². The Hall–Kier alpha value is -1.71. The molecular weight excluding hydrogens is 182 g/mol. The van der Waals surface area contributed by atoms with E-state index in [2.05, 4.69) is 9.99 Å². The second kappa shape index (κ2) is 3.57. The molecule has 1 aromatic carbocycles. The normalized spacial score (nSPS) is 13.6. The van der Waals surface area contributed by atoms with Crippen LogP contribution in [0, 0.1) is 6.92 Å². The lowest BCUT2D eigenvalue weighted by Crippen LogP contribution is -1.94. The van der Waals surface area contributed by atoms with Crippen LogP contribution in [0.3, 0.4) is 0 Å². The molecule has 1 aliphatic rings. The molecule has 0 amide bonds. The summed E-state index contributed by atoms with van der Waals surface area (Å²) in [7, 11) is 1.51. The number of fused-ring (bicyclic) bond motifs is 1. The Morgan fingerprint density at radius 3 is 3.07 bits per heavy atom. The molecule has 0 aromatic heterocycles. The first-order valence-corrected chi connectivity index (χ1v) is 4.28. The fourth-order valence-electron chi connectivity index (χ4n) is 1.38. The van der Waals surface area contributed by atoms with Gasteiger partial charge in [-0.3, -0.25) is 0 Å². The smallest absolute Gasteiger partial charge is 0.231 e. The van der Waals surface area contributed by atoms with Crippen LogP contribution in [0.25, 0.3) is 0 Å². The first-order valence-electron chi connectivity index (χ1n) is 4.28. The molecule has 4 nitrogen and oxygen atoms in total. The second-order valence-electron chi connectivity index (χ2n) is 2.93. The molecule has 0 saturated carbocycles. The molecular formula is C10H11NO3. The summed E-state index contributed by atoms with van der Waals surface area (Å²) in [5.74, 6) is 1.59. The van der Waals surface area contributed by atoms with Gasteiger partial charge in [0, 0.05) is 11.1 Å². The Labute approximate surface area is 82.1 Å². The third-order valence-electron chi connectivity index (χ3n) is 2.13. The number of hydrogen-bond acceptors (Lipinski definition) is 4. The summed E-state index contributed by atoms with van der Waals surface area (Å²) in [5.41, 5.74) is 1.98. The van der Waals surface area contributed by atoms with Crippen LogP contribution >= 0.6 is 0 Å². The number of oxime groups is 1. The molecule has 1 aromatic rings. The molecule has 0 bridgehead atoms. The van der Waals surface area contributed by atoms with Gasteiger partial charge in [-0.05, 0) is 19.1 Å². The molecule has 0 saturated heterocycles. The predicted molar refractivity (Wildman–Crippen MR) is 51.9 cm³/mol. The summed E-state index contributed by atoms with van der Waals surface area (Å²) in [6.07, 6.45) is 1.65. The number of nitrogens with zero attached hydrogens (tertiary/aromatic N) is 1. The van der Waals surface area contributed by atoms with E-state index in [1.54, 1.807) is 6.21 Å². The van der Waals surface area contributed by atoms with E-state index >= 15 is 0 Å². The minimum Gasteiger partial charge on any atom is -0.454 e. The van der Waals surface area contributed by atoms with Crippen molar-refractivity contribution >= 4 is 6.21 Å². The highest BCUT2D eigenvalue weighted by Gasteiger charge is 2.17. The summed E-state index contributed by atoms with van der Waals surface area (Å²) in [4.78, 5) is 4.62. The summed E-state index contributed by atoms with van der Waals surface area (Å²) >= 11 is 0. The van der Waals surface area contributed by atoms with Crippen molar-refractivity contribution in [1.29, 1.82) is 0 Å². The maximum Gasteiger partial charge on any atom is 0.231 e. The lowest BCUT2D eigenvalue weighted by Gasteiger charge is -2.03. The van der Waals surface area contributed by atoms with Crippen molar-refractivity contribution in [2.24, 2.45) is 5.16 Å². The van der Waals surface area contributed by atoms with Crippen molar-refractivity contribution in [2.45, 2.75) is 6.92 Å². The molecule has 1 aliphatic heterocycles. The standard InChI is InChI=1S/C10H11NO3/c1-7-8(5-11-12-2)3-4-9-10(7)14-6-13-9/h3-5H,6H2,1-2H3/b11-5+. The highest BCUT2D eigenvalue weighted by atomic mass is 16.7. The zero-order chi connectivity index (χ0) is 9.97. The van der Waals surface area contributed by atoms with Crippen molar-refractivity contribution in [2.75, 3.05) is 13.9 Å². The van der Waals surface area contributed by atoms with E-state index in [0.717, 1.165) is 22.6 Å². The van der Waals surface area contributed by atoms with Crippen LogP contribution in [0.1, 0.15) is 11.1 Å². The Morgan fingerprint density at radius 2 is 2.29 bits per heavy atom. The van der Waals surface area contributed by atoms with Crippen LogP contribution in [-0.2, 0) is 4.84 Å². The van der Waals surface area contributed by atoms with Crippen molar-refractivity contribution in [3.05, 3.63) is 23.3 Å². The molecule has 14 heavy (non-hydrogen) atoms. The Morgan fingerprint density at radius 1 is 1.43 bits per heavy atom. The van der Waals surface area contributed by atoms with Crippen LogP contribution in [-0.4, -0.2) is 20.1 Å². The molecule has 0 spiro atoms. The van der Waals surface area contributed by atoms with E-state index in [9.17, 15) is 0 Å². The third kappa shape index (κ3) is 1.39. The van der Waals surface area contributed by atoms with Gasteiger partial charge in [-0.15, -0.1) is 0 Å². The van der Waals surface area contributed by atoms with Gasteiger partial charge >= 0.3 is 0 Å². The summed E-state index contributed by atoms with van der Waals surface area (Å²) in [6.45, 7) is 2.26. The van der Waals surface area contributed by atoms with E-state index in [1.807, 2.05) is 19.1 Å². The van der Waals surface area contributed by atoms with Gasteiger partial charge in [0.25, 0.3) is 0 Å². The fraction of sp³-hybridized carbons (Fsp3) is 0.300. The highest BCUT2D eigenvalue weighted by Crippen LogP contribution is 2.36. The lowest BCUT2D eigenvalue weighted by atomic mass is 10.1. The van der Waals surface area contributed by atoms with Crippen molar-refractivity contribution in [1.82, 2.24) is 0 Å². The summed E-state index contributed by atoms with van der Waals surface area (Å²) < 4.78 is 10.6. The largest absolute Gasteiger partial charge is 0.454 e. The minimum absolute atomic E-state index is 0.293. The molecule has 0 unspecified atom stereocenters. The van der Waals surface area contributed by atoms with Gasteiger partial charge in [-0.2, -0.15) is 0 Å². The zero-order valence-electron chi connectivity index (χ0n) is 8.11. The average Bonchev–Trinajstić information content (AvgIpc) is 2.66. The number of hydrogen-bond donors (Lipinski definition) is 0. The van der Waals surface area contributed by atoms with Gasteiger partial charge in [0.15, 0.2) is 11.5 Å². The Balaban J connectivity index is 2.39. The SMILES string of the molecule is CO/N=C/c1ccc2c(c1C)OCO2. The topological polar surface area (TPSA) is 40.0 Å². The van der Waals surface area contributed by atoms with E-state index in [4.69, 9.17) is 9.47 Å². The fourth-order valence-corrected chi connectivity index (χ4v) is 1.38. The van der Waals surface area contributed by atoms with Crippen LogP contribution in [0.5, 0.6) is 11.5 Å². The first-order chi connectivity index (χ1) is 6.83. The van der Waals surface area contributed by atoms with Crippen LogP contribution in [0.4, 0.5) is 0 Å². The van der Waals surface area contributed by atoms with Crippen molar-refractivity contribution in [3.63, 3.8) is 0 Å². The van der Waals surface area contributed by atoms with Gasteiger partial charge in [-0.25, -0.2) is 0 Å². The quantitative estimate of drug-likeness (QED) is 0.530. The second-order valence-corrected chi connectivity index (χ2v) is 2.93. The van der Waals surface area contributed by atoms with E-state index < -0.39 is 0 Å². The van der Waals surface area contributed by atoms with E-state index in [1.165, 1.54) is 7.11 Å². The molecule has 1 heterocycles. The van der Waals surface area contributed by atoms with Crippen LogP contribution in [0.2, 0.25) is 0 Å². The zero-order valence-corrected chi connectivity index (χ0v) is 8.11. The van der Waals surface area contributed by atoms with Crippen LogP contribution in [0.15, 0.2) is 17.3 Å². The first kappa shape index (κ1) is 8.87. The molecule has 0 atom stereocenters. The van der Waals surface area contributed by atoms with E-state index in [-0.39, 0.29) is 0 Å². The van der Waals surface area contributed by atoms with Crippen molar-refractivity contribution < 1.29 is 14.3 Å². The number of ether oxygens (including phenoxy) is 2. The van der Waals surface area contributed by atoms with Gasteiger partial charge in [-0.1, -0.05) is 5.16 Å². The number of benzene rings is 1. The molecule has 2 rings (SSSR count). The average molecular weight is 193 g/mol. The molecule has 4 heteroatoms. The highest BCUT2D eigenvalue weighted by molar-refractivity contribution is 5.83.